The molecule has 0 aliphatic carbocycles. The lowest BCUT2D eigenvalue weighted by molar-refractivity contribution is -0.125. The van der Waals surface area contributed by atoms with E-state index in [1.54, 1.807) is 14.2 Å². The number of amides is 3. The molecule has 7 heteroatoms. The minimum absolute atomic E-state index is 0.0198. The number of carbonyl (C=O) groups is 2. The Kier molecular flexibility index (Phi) is 7.76. The number of ether oxygens (including phenoxy) is 2. The van der Waals surface area contributed by atoms with Crippen LogP contribution >= 0.6 is 0 Å². The van der Waals surface area contributed by atoms with Gasteiger partial charge in [0.1, 0.15) is 0 Å². The van der Waals surface area contributed by atoms with Gasteiger partial charge in [-0.1, -0.05) is 20.8 Å². The van der Waals surface area contributed by atoms with Gasteiger partial charge in [-0.05, 0) is 49.9 Å². The third-order valence-corrected chi connectivity index (χ3v) is 5.27. The molecule has 2 atom stereocenters. The zero-order valence-corrected chi connectivity index (χ0v) is 18.7. The van der Waals surface area contributed by atoms with E-state index in [0.29, 0.717) is 30.9 Å². The van der Waals surface area contributed by atoms with E-state index in [4.69, 9.17) is 9.47 Å². The third-order valence-electron chi connectivity index (χ3n) is 5.27. The summed E-state index contributed by atoms with van der Waals surface area (Å²) in [6.07, 6.45) is 1.41. The number of urea groups is 1. The minimum Gasteiger partial charge on any atom is -0.493 e. The molecule has 0 fully saturated rings. The Morgan fingerprint density at radius 2 is 1.72 bits per heavy atom. The molecule has 7 nitrogen and oxygen atoms in total. The molecule has 1 aromatic rings. The lowest BCUT2D eigenvalue weighted by Crippen LogP contribution is -2.54. The SMILES string of the molecule is CC[C@H](NC(=O)C(C)C)[C@H]1c2cc(OC)c(OC)cc2CCN1C(=O)NC(C)C. The molecular weight excluding hydrogens is 370 g/mol. The first kappa shape index (κ1) is 22.8. The fourth-order valence-corrected chi connectivity index (χ4v) is 3.72. The summed E-state index contributed by atoms with van der Waals surface area (Å²) in [4.78, 5) is 27.3. The summed E-state index contributed by atoms with van der Waals surface area (Å²) in [5.41, 5.74) is 2.10. The van der Waals surface area contributed by atoms with Crippen molar-refractivity contribution in [2.45, 2.75) is 65.6 Å². The van der Waals surface area contributed by atoms with E-state index in [1.165, 1.54) is 0 Å². The van der Waals surface area contributed by atoms with Crippen molar-refractivity contribution in [1.82, 2.24) is 15.5 Å². The van der Waals surface area contributed by atoms with Crippen LogP contribution < -0.4 is 20.1 Å². The quantitative estimate of drug-likeness (QED) is 0.730. The molecule has 1 aromatic carbocycles. The van der Waals surface area contributed by atoms with Crippen LogP contribution in [0.2, 0.25) is 0 Å². The number of hydrogen-bond donors (Lipinski definition) is 2. The molecule has 0 spiro atoms. The lowest BCUT2D eigenvalue weighted by atomic mass is 9.86. The van der Waals surface area contributed by atoms with Crippen LogP contribution in [0, 0.1) is 5.92 Å². The molecular formula is C22H35N3O4. The van der Waals surface area contributed by atoms with E-state index in [9.17, 15) is 9.59 Å². The van der Waals surface area contributed by atoms with Crippen molar-refractivity contribution in [2.75, 3.05) is 20.8 Å². The van der Waals surface area contributed by atoms with Crippen LogP contribution in [0.1, 0.15) is 58.2 Å². The van der Waals surface area contributed by atoms with Gasteiger partial charge in [-0.25, -0.2) is 4.79 Å². The van der Waals surface area contributed by atoms with E-state index in [-0.39, 0.29) is 36.0 Å². The highest BCUT2D eigenvalue weighted by Gasteiger charge is 2.37. The largest absolute Gasteiger partial charge is 0.493 e. The Morgan fingerprint density at radius 1 is 1.10 bits per heavy atom. The van der Waals surface area contributed by atoms with Crippen LogP contribution in [0.15, 0.2) is 12.1 Å². The maximum Gasteiger partial charge on any atom is 0.318 e. The summed E-state index contributed by atoms with van der Waals surface area (Å²) >= 11 is 0. The van der Waals surface area contributed by atoms with Crippen LogP contribution in [0.4, 0.5) is 4.79 Å². The highest BCUT2D eigenvalue weighted by atomic mass is 16.5. The lowest BCUT2D eigenvalue weighted by Gasteiger charge is -2.42. The average molecular weight is 406 g/mol. The summed E-state index contributed by atoms with van der Waals surface area (Å²) in [5.74, 6) is 1.14. The molecule has 3 amide bonds. The molecule has 1 aliphatic rings. The van der Waals surface area contributed by atoms with Crippen LogP contribution in [0.3, 0.4) is 0 Å². The summed E-state index contributed by atoms with van der Waals surface area (Å²) in [7, 11) is 3.22. The summed E-state index contributed by atoms with van der Waals surface area (Å²) < 4.78 is 11.0. The molecule has 0 saturated carbocycles. The first-order valence-electron chi connectivity index (χ1n) is 10.4. The molecule has 29 heavy (non-hydrogen) atoms. The van der Waals surface area contributed by atoms with Crippen molar-refractivity contribution in [1.29, 1.82) is 0 Å². The highest BCUT2D eigenvalue weighted by molar-refractivity contribution is 5.79. The number of rotatable bonds is 7. The second-order valence-electron chi connectivity index (χ2n) is 8.08. The minimum atomic E-state index is -0.287. The van der Waals surface area contributed by atoms with Gasteiger partial charge in [-0.2, -0.15) is 0 Å². The Bertz CT molecular complexity index is 733. The first-order chi connectivity index (χ1) is 13.7. The first-order valence-corrected chi connectivity index (χ1v) is 10.4. The fraction of sp³-hybridized carbons (Fsp3) is 0.636. The summed E-state index contributed by atoms with van der Waals surface area (Å²) in [6, 6.07) is 3.33. The molecule has 0 radical (unpaired) electrons. The summed E-state index contributed by atoms with van der Waals surface area (Å²) in [6.45, 7) is 10.2. The van der Waals surface area contributed by atoms with Crippen molar-refractivity contribution in [3.63, 3.8) is 0 Å². The van der Waals surface area contributed by atoms with Gasteiger partial charge in [0.15, 0.2) is 11.5 Å². The van der Waals surface area contributed by atoms with Gasteiger partial charge in [0.05, 0.1) is 26.3 Å². The molecule has 1 heterocycles. The second-order valence-corrected chi connectivity index (χ2v) is 8.08. The van der Waals surface area contributed by atoms with Crippen molar-refractivity contribution < 1.29 is 19.1 Å². The molecule has 0 unspecified atom stereocenters. The van der Waals surface area contributed by atoms with E-state index >= 15 is 0 Å². The Morgan fingerprint density at radius 3 is 2.24 bits per heavy atom. The predicted octanol–water partition coefficient (Wildman–Crippen LogP) is 3.27. The van der Waals surface area contributed by atoms with Gasteiger partial charge in [0.2, 0.25) is 5.91 Å². The van der Waals surface area contributed by atoms with Crippen LogP contribution in [-0.2, 0) is 11.2 Å². The van der Waals surface area contributed by atoms with Crippen molar-refractivity contribution in [2.24, 2.45) is 5.92 Å². The van der Waals surface area contributed by atoms with E-state index in [2.05, 4.69) is 10.6 Å². The normalized spacial score (nSPS) is 17.0. The van der Waals surface area contributed by atoms with Gasteiger partial charge < -0.3 is 25.0 Å². The van der Waals surface area contributed by atoms with E-state index in [1.807, 2.05) is 51.7 Å². The van der Waals surface area contributed by atoms with E-state index < -0.39 is 0 Å². The fourth-order valence-electron chi connectivity index (χ4n) is 3.72. The van der Waals surface area contributed by atoms with Crippen molar-refractivity contribution >= 4 is 11.9 Å². The Hall–Kier alpha value is -2.44. The number of nitrogens with zero attached hydrogens (tertiary/aromatic N) is 1. The van der Waals surface area contributed by atoms with Gasteiger partial charge in [-0.3, -0.25) is 4.79 Å². The molecule has 0 saturated heterocycles. The van der Waals surface area contributed by atoms with Gasteiger partial charge in [0.25, 0.3) is 0 Å². The van der Waals surface area contributed by atoms with Gasteiger partial charge in [0, 0.05) is 18.5 Å². The molecule has 2 N–H and O–H groups in total. The maximum absolute atomic E-state index is 13.0. The van der Waals surface area contributed by atoms with Crippen molar-refractivity contribution in [3.8, 4) is 11.5 Å². The van der Waals surface area contributed by atoms with E-state index in [0.717, 1.165) is 11.1 Å². The number of benzene rings is 1. The van der Waals surface area contributed by atoms with Crippen molar-refractivity contribution in [3.05, 3.63) is 23.3 Å². The molecule has 162 valence electrons. The summed E-state index contributed by atoms with van der Waals surface area (Å²) in [5, 5.41) is 6.15. The van der Waals surface area contributed by atoms with Crippen LogP contribution in [-0.4, -0.2) is 49.7 Å². The Labute approximate surface area is 174 Å². The van der Waals surface area contributed by atoms with Gasteiger partial charge in [-0.15, -0.1) is 0 Å². The zero-order valence-electron chi connectivity index (χ0n) is 18.7. The average Bonchev–Trinajstić information content (AvgIpc) is 2.69. The van der Waals surface area contributed by atoms with Crippen LogP contribution in [0.25, 0.3) is 0 Å². The smallest absolute Gasteiger partial charge is 0.318 e. The topological polar surface area (TPSA) is 79.9 Å². The number of hydrogen-bond acceptors (Lipinski definition) is 4. The number of methoxy groups -OCH3 is 2. The molecule has 1 aliphatic heterocycles. The predicted molar refractivity (Wildman–Crippen MR) is 113 cm³/mol. The number of nitrogens with one attached hydrogen (secondary N) is 2. The maximum atomic E-state index is 13.0. The monoisotopic (exact) mass is 405 g/mol. The highest BCUT2D eigenvalue weighted by Crippen LogP contribution is 2.40. The third kappa shape index (κ3) is 5.14. The molecule has 0 aromatic heterocycles. The number of carbonyl (C=O) groups excluding carboxylic acids is 2. The molecule has 2 rings (SSSR count). The van der Waals surface area contributed by atoms with Gasteiger partial charge >= 0.3 is 6.03 Å². The zero-order chi connectivity index (χ0) is 21.7. The number of fused-ring (bicyclic) bond motifs is 1. The Balaban J connectivity index is 2.53. The van der Waals surface area contributed by atoms with Crippen LogP contribution in [0.5, 0.6) is 11.5 Å². The second kappa shape index (κ2) is 9.85. The molecule has 0 bridgehead atoms. The standard InChI is InChI=1S/C22H35N3O4/c1-8-17(24-21(26)13(2)3)20-16-12-19(29-7)18(28-6)11-15(16)9-10-25(20)22(27)23-14(4)5/h11-14,17,20H,8-10H2,1-7H3,(H,23,27)(H,24,26)/t17-,20+/m0/s1.